The van der Waals surface area contributed by atoms with Gasteiger partial charge in [-0.3, -0.25) is 0 Å². The molecule has 1 aromatic carbocycles. The molecule has 1 N–H and O–H groups in total. The molecule has 0 saturated carbocycles. The second-order valence-electron chi connectivity index (χ2n) is 4.04. The average Bonchev–Trinajstić information content (AvgIpc) is 2.64. The van der Waals surface area contributed by atoms with Crippen LogP contribution < -0.4 is 0 Å². The monoisotopic (exact) mass is 288 g/mol. The summed E-state index contributed by atoms with van der Waals surface area (Å²) in [5.74, 6) is -0.840. The number of fused-ring (bicyclic) bond motifs is 1. The first-order valence-corrected chi connectivity index (χ1v) is 6.64. The zero-order valence-electron chi connectivity index (χ0n) is 9.25. The molecular formula is C12H10Cl2O2S. The number of benzene rings is 1. The van der Waals surface area contributed by atoms with E-state index < -0.39 is 5.97 Å². The van der Waals surface area contributed by atoms with Gasteiger partial charge in [-0.2, -0.15) is 0 Å². The maximum absolute atomic E-state index is 11.2. The molecule has 0 fully saturated rings. The van der Waals surface area contributed by atoms with Crippen LogP contribution in [0.4, 0.5) is 0 Å². The Morgan fingerprint density at radius 2 is 1.88 bits per heavy atom. The van der Waals surface area contributed by atoms with Crippen LogP contribution in [0.1, 0.15) is 35.0 Å². The SMILES string of the molecule is CC(C)c1c(C(=O)O)sc2c(Cl)ccc(Cl)c12. The maximum Gasteiger partial charge on any atom is 0.346 e. The lowest BCUT2D eigenvalue weighted by atomic mass is 9.99. The summed E-state index contributed by atoms with van der Waals surface area (Å²) in [6, 6.07) is 3.40. The molecule has 1 aromatic heterocycles. The van der Waals surface area contributed by atoms with Crippen molar-refractivity contribution in [3.05, 3.63) is 32.6 Å². The Morgan fingerprint density at radius 3 is 2.41 bits per heavy atom. The lowest BCUT2D eigenvalue weighted by Crippen LogP contribution is -1.99. The minimum absolute atomic E-state index is 0.0887. The van der Waals surface area contributed by atoms with E-state index in [4.69, 9.17) is 23.2 Å². The van der Waals surface area contributed by atoms with E-state index in [1.165, 1.54) is 11.3 Å². The van der Waals surface area contributed by atoms with Crippen LogP contribution in [0.2, 0.25) is 10.0 Å². The van der Waals surface area contributed by atoms with Crippen molar-refractivity contribution in [2.24, 2.45) is 0 Å². The minimum atomic E-state index is -0.929. The fraction of sp³-hybridized carbons (Fsp3) is 0.250. The summed E-state index contributed by atoms with van der Waals surface area (Å²) in [5, 5.41) is 11.1. The van der Waals surface area contributed by atoms with Gasteiger partial charge in [0, 0.05) is 10.4 Å². The van der Waals surface area contributed by atoms with Crippen LogP contribution in [0.5, 0.6) is 0 Å². The third kappa shape index (κ3) is 2.03. The first-order chi connectivity index (χ1) is 7.93. The van der Waals surface area contributed by atoms with Crippen molar-refractivity contribution < 1.29 is 9.90 Å². The number of rotatable bonds is 2. The Kier molecular flexibility index (Phi) is 3.34. The second kappa shape index (κ2) is 4.48. The topological polar surface area (TPSA) is 37.3 Å². The molecule has 0 radical (unpaired) electrons. The maximum atomic E-state index is 11.2. The van der Waals surface area contributed by atoms with Crippen molar-refractivity contribution in [2.45, 2.75) is 19.8 Å². The highest BCUT2D eigenvalue weighted by Crippen LogP contribution is 2.43. The highest BCUT2D eigenvalue weighted by atomic mass is 35.5. The summed E-state index contributed by atoms with van der Waals surface area (Å²) < 4.78 is 0.750. The summed E-state index contributed by atoms with van der Waals surface area (Å²) in [5.41, 5.74) is 0.769. The number of carboxylic acid groups (broad SMARTS) is 1. The molecule has 1 heterocycles. The van der Waals surface area contributed by atoms with Gasteiger partial charge in [-0.25, -0.2) is 4.79 Å². The smallest absolute Gasteiger partial charge is 0.346 e. The van der Waals surface area contributed by atoms with Crippen LogP contribution in [-0.2, 0) is 0 Å². The Hall–Kier alpha value is -0.770. The first-order valence-electron chi connectivity index (χ1n) is 5.07. The van der Waals surface area contributed by atoms with Gasteiger partial charge in [-0.1, -0.05) is 37.0 Å². The number of carboxylic acids is 1. The van der Waals surface area contributed by atoms with Gasteiger partial charge >= 0.3 is 5.97 Å². The highest BCUT2D eigenvalue weighted by molar-refractivity contribution is 7.21. The lowest BCUT2D eigenvalue weighted by Gasteiger charge is -2.06. The van der Waals surface area contributed by atoms with E-state index in [1.54, 1.807) is 12.1 Å². The van der Waals surface area contributed by atoms with Gasteiger partial charge < -0.3 is 5.11 Å². The predicted molar refractivity (Wildman–Crippen MR) is 72.9 cm³/mol. The molecule has 90 valence electrons. The lowest BCUT2D eigenvalue weighted by molar-refractivity contribution is 0.0701. The molecule has 0 bridgehead atoms. The number of carbonyl (C=O) groups is 1. The van der Waals surface area contributed by atoms with Crippen molar-refractivity contribution in [2.75, 3.05) is 0 Å². The summed E-state index contributed by atoms with van der Waals surface area (Å²) in [7, 11) is 0. The Balaban J connectivity index is 2.95. The second-order valence-corrected chi connectivity index (χ2v) is 5.87. The van der Waals surface area contributed by atoms with Gasteiger partial charge in [0.25, 0.3) is 0 Å². The Bertz CT molecular complexity index is 602. The van der Waals surface area contributed by atoms with Crippen molar-refractivity contribution in [1.29, 1.82) is 0 Å². The number of halogens is 2. The van der Waals surface area contributed by atoms with Gasteiger partial charge in [0.15, 0.2) is 0 Å². The minimum Gasteiger partial charge on any atom is -0.477 e. The number of hydrogen-bond acceptors (Lipinski definition) is 2. The average molecular weight is 289 g/mol. The third-order valence-electron chi connectivity index (χ3n) is 2.55. The molecular weight excluding hydrogens is 279 g/mol. The van der Waals surface area contributed by atoms with Crippen LogP contribution in [-0.4, -0.2) is 11.1 Å². The molecule has 2 nitrogen and oxygen atoms in total. The van der Waals surface area contributed by atoms with Gasteiger partial charge in [0.2, 0.25) is 0 Å². The van der Waals surface area contributed by atoms with Crippen molar-refractivity contribution in [3.63, 3.8) is 0 Å². The van der Waals surface area contributed by atoms with Crippen molar-refractivity contribution >= 4 is 50.6 Å². The standard InChI is InChI=1S/C12H10Cl2O2S/c1-5(2)8-9-6(13)3-4-7(14)10(9)17-11(8)12(15)16/h3-5H,1-2H3,(H,15,16). The van der Waals surface area contributed by atoms with E-state index in [9.17, 15) is 9.90 Å². The molecule has 0 aliphatic carbocycles. The third-order valence-corrected chi connectivity index (χ3v) is 4.52. The van der Waals surface area contributed by atoms with Crippen LogP contribution in [0.15, 0.2) is 12.1 Å². The molecule has 0 amide bonds. The van der Waals surface area contributed by atoms with E-state index in [1.807, 2.05) is 13.8 Å². The molecule has 0 aliphatic heterocycles. The summed E-state index contributed by atoms with van der Waals surface area (Å²) in [6.45, 7) is 3.90. The summed E-state index contributed by atoms with van der Waals surface area (Å²) >= 11 is 13.4. The zero-order valence-corrected chi connectivity index (χ0v) is 11.6. The highest BCUT2D eigenvalue weighted by Gasteiger charge is 2.22. The molecule has 2 aromatic rings. The van der Waals surface area contributed by atoms with E-state index in [2.05, 4.69) is 0 Å². The molecule has 5 heteroatoms. The summed E-state index contributed by atoms with van der Waals surface area (Å²) in [4.78, 5) is 11.6. The van der Waals surface area contributed by atoms with E-state index in [0.29, 0.717) is 14.9 Å². The quantitative estimate of drug-likeness (QED) is 0.841. The molecule has 0 spiro atoms. The van der Waals surface area contributed by atoms with E-state index >= 15 is 0 Å². The summed E-state index contributed by atoms with van der Waals surface area (Å²) in [6.07, 6.45) is 0. The molecule has 2 rings (SSSR count). The van der Waals surface area contributed by atoms with Gasteiger partial charge in [-0.05, 0) is 23.6 Å². The molecule has 0 saturated heterocycles. The van der Waals surface area contributed by atoms with Gasteiger partial charge in [0.05, 0.1) is 9.72 Å². The molecule has 17 heavy (non-hydrogen) atoms. The zero-order chi connectivity index (χ0) is 12.7. The Labute approximate surface area is 113 Å². The fourth-order valence-electron chi connectivity index (χ4n) is 1.86. The number of aromatic carboxylic acids is 1. The van der Waals surface area contributed by atoms with Crippen LogP contribution in [0.3, 0.4) is 0 Å². The number of hydrogen-bond donors (Lipinski definition) is 1. The first kappa shape index (κ1) is 12.7. The van der Waals surface area contributed by atoms with Crippen LogP contribution in [0.25, 0.3) is 10.1 Å². The van der Waals surface area contributed by atoms with Crippen molar-refractivity contribution in [1.82, 2.24) is 0 Å². The van der Waals surface area contributed by atoms with E-state index in [-0.39, 0.29) is 5.92 Å². The van der Waals surface area contributed by atoms with Crippen LogP contribution in [0, 0.1) is 0 Å². The molecule has 0 atom stereocenters. The van der Waals surface area contributed by atoms with Gasteiger partial charge in [0.1, 0.15) is 4.88 Å². The number of thiophene rings is 1. The largest absolute Gasteiger partial charge is 0.477 e. The Morgan fingerprint density at radius 1 is 1.29 bits per heavy atom. The van der Waals surface area contributed by atoms with E-state index in [0.717, 1.165) is 15.6 Å². The van der Waals surface area contributed by atoms with Gasteiger partial charge in [-0.15, -0.1) is 11.3 Å². The molecule has 0 aliphatic rings. The predicted octanol–water partition coefficient (Wildman–Crippen LogP) is 5.03. The normalized spacial score (nSPS) is 11.4. The molecule has 0 unspecified atom stereocenters. The van der Waals surface area contributed by atoms with Crippen LogP contribution >= 0.6 is 34.5 Å². The van der Waals surface area contributed by atoms with Crippen molar-refractivity contribution in [3.8, 4) is 0 Å². The fourth-order valence-corrected chi connectivity index (χ4v) is 3.68.